The third-order valence-corrected chi connectivity index (χ3v) is 7.13. The summed E-state index contributed by atoms with van der Waals surface area (Å²) in [7, 11) is -4.08. The van der Waals surface area contributed by atoms with Crippen LogP contribution in [0.3, 0.4) is 0 Å². The van der Waals surface area contributed by atoms with Crippen LogP contribution < -0.4 is 10.0 Å². The van der Waals surface area contributed by atoms with Crippen molar-refractivity contribution in [1.29, 1.82) is 5.26 Å². The van der Waals surface area contributed by atoms with E-state index in [1.165, 1.54) is 12.1 Å². The Morgan fingerprint density at radius 2 is 1.53 bits per heavy atom. The fourth-order valence-electron chi connectivity index (χ4n) is 3.43. The molecule has 0 aliphatic rings. The molecule has 1 amide bonds. The Balaban J connectivity index is 1.55. The molecule has 0 bridgehead atoms. The molecule has 0 saturated carbocycles. The topological polar surface area (TPSA) is 136 Å². The van der Waals surface area contributed by atoms with E-state index in [2.05, 4.69) is 10.0 Å². The summed E-state index contributed by atoms with van der Waals surface area (Å²) in [6.07, 6.45) is 0.479. The fourth-order valence-corrected chi connectivity index (χ4v) is 4.78. The van der Waals surface area contributed by atoms with Crippen molar-refractivity contribution < 1.29 is 23.1 Å². The van der Waals surface area contributed by atoms with Crippen molar-refractivity contribution in [3.8, 4) is 17.2 Å². The smallest absolute Gasteiger partial charge is 0.321 e. The van der Waals surface area contributed by atoms with Crippen molar-refractivity contribution in [2.75, 3.05) is 6.54 Å². The second-order valence-electron chi connectivity index (χ2n) is 7.97. The van der Waals surface area contributed by atoms with Gasteiger partial charge in [-0.05, 0) is 65.9 Å². The Hall–Kier alpha value is -3.71. The Bertz CT molecular complexity index is 1350. The Labute approximate surface area is 214 Å². The average Bonchev–Trinajstić information content (AvgIpc) is 2.87. The lowest BCUT2D eigenvalue weighted by Gasteiger charge is -2.15. The number of hydrogen-bond acceptors (Lipinski definition) is 5. The molecule has 3 rings (SSSR count). The van der Waals surface area contributed by atoms with Crippen molar-refractivity contribution >= 4 is 33.5 Å². The zero-order chi connectivity index (χ0) is 26.1. The largest absolute Gasteiger partial charge is 0.480 e. The Morgan fingerprint density at radius 1 is 0.944 bits per heavy atom. The predicted octanol–water partition coefficient (Wildman–Crippen LogP) is 4.01. The number of aliphatic carboxylic acids is 1. The molecule has 3 aromatic carbocycles. The maximum atomic E-state index is 12.8. The van der Waals surface area contributed by atoms with Crippen LogP contribution in [0.1, 0.15) is 28.8 Å². The lowest BCUT2D eigenvalue weighted by molar-refractivity contribution is -0.139. The molecule has 0 aromatic heterocycles. The van der Waals surface area contributed by atoms with Crippen molar-refractivity contribution in [3.63, 3.8) is 0 Å². The van der Waals surface area contributed by atoms with Crippen LogP contribution in [0.5, 0.6) is 0 Å². The van der Waals surface area contributed by atoms with Gasteiger partial charge in [0.1, 0.15) is 6.04 Å². The van der Waals surface area contributed by atoms with Gasteiger partial charge in [0.2, 0.25) is 10.0 Å². The molecule has 10 heteroatoms. The molecule has 0 saturated heterocycles. The minimum Gasteiger partial charge on any atom is -0.480 e. The number of hydrogen-bond donors (Lipinski definition) is 3. The highest BCUT2D eigenvalue weighted by atomic mass is 35.5. The first kappa shape index (κ1) is 26.9. The molecule has 0 radical (unpaired) electrons. The van der Waals surface area contributed by atoms with Gasteiger partial charge in [0.25, 0.3) is 5.91 Å². The first-order chi connectivity index (χ1) is 17.2. The Kier molecular flexibility index (Phi) is 9.19. The summed E-state index contributed by atoms with van der Waals surface area (Å²) in [5.41, 5.74) is 2.86. The van der Waals surface area contributed by atoms with Crippen LogP contribution in [-0.4, -0.2) is 38.0 Å². The normalized spacial score (nSPS) is 11.9. The minimum atomic E-state index is -4.08. The van der Waals surface area contributed by atoms with Crippen LogP contribution in [0.4, 0.5) is 0 Å². The summed E-state index contributed by atoms with van der Waals surface area (Å²) in [5.74, 6) is -1.65. The standard InChI is InChI=1S/C26H24ClN3O5S/c27-22-11-7-19(8-12-22)20-9-13-23(14-10-20)36(34,35)30-24(26(32)33)2-1-17-29-25(31)21-5-3-18(4-6-21)15-16-28/h3-14,24,30H,1-2,15,17H2,(H,29,31)(H,32,33)/t24-/m0/s1. The summed E-state index contributed by atoms with van der Waals surface area (Å²) in [6.45, 7) is 0.167. The third-order valence-electron chi connectivity index (χ3n) is 5.39. The highest BCUT2D eigenvalue weighted by Crippen LogP contribution is 2.23. The molecule has 0 aliphatic carbocycles. The van der Waals surface area contributed by atoms with Gasteiger partial charge in [-0.25, -0.2) is 8.42 Å². The minimum absolute atomic E-state index is 0.0151. The van der Waals surface area contributed by atoms with Crippen molar-refractivity contribution in [1.82, 2.24) is 10.0 Å². The predicted molar refractivity (Wildman–Crippen MR) is 136 cm³/mol. The van der Waals surface area contributed by atoms with Crippen LogP contribution in [0.2, 0.25) is 5.02 Å². The molecular formula is C26H24ClN3O5S. The van der Waals surface area contributed by atoms with E-state index < -0.39 is 22.0 Å². The zero-order valence-corrected chi connectivity index (χ0v) is 20.7. The highest BCUT2D eigenvalue weighted by molar-refractivity contribution is 7.89. The SMILES string of the molecule is N#CCc1ccc(C(=O)NCCC[C@H](NS(=O)(=O)c2ccc(-c3ccc(Cl)cc3)cc2)C(=O)O)cc1. The van der Waals surface area contributed by atoms with Gasteiger partial charge in [-0.15, -0.1) is 0 Å². The van der Waals surface area contributed by atoms with Crippen molar-refractivity contribution in [3.05, 3.63) is 88.9 Å². The molecule has 3 N–H and O–H groups in total. The maximum Gasteiger partial charge on any atom is 0.321 e. The number of carbonyl (C=O) groups excluding carboxylic acids is 1. The summed E-state index contributed by atoms with van der Waals surface area (Å²) in [6, 6.07) is 20.4. The number of halogens is 1. The number of nitrogens with zero attached hydrogens (tertiary/aromatic N) is 1. The summed E-state index contributed by atoms with van der Waals surface area (Å²) in [4.78, 5) is 23.8. The van der Waals surface area contributed by atoms with Crippen molar-refractivity contribution in [2.24, 2.45) is 0 Å². The van der Waals surface area contributed by atoms with Crippen LogP contribution in [0.25, 0.3) is 11.1 Å². The second-order valence-corrected chi connectivity index (χ2v) is 10.1. The number of nitriles is 1. The van der Waals surface area contributed by atoms with Crippen LogP contribution in [0, 0.1) is 11.3 Å². The van der Waals surface area contributed by atoms with Gasteiger partial charge in [-0.3, -0.25) is 9.59 Å². The van der Waals surface area contributed by atoms with E-state index in [9.17, 15) is 23.1 Å². The van der Waals surface area contributed by atoms with Gasteiger partial charge in [0, 0.05) is 17.1 Å². The average molecular weight is 526 g/mol. The van der Waals surface area contributed by atoms with E-state index in [0.29, 0.717) is 10.6 Å². The van der Waals surface area contributed by atoms with Gasteiger partial charge < -0.3 is 10.4 Å². The number of benzene rings is 3. The van der Waals surface area contributed by atoms with Crippen LogP contribution >= 0.6 is 11.6 Å². The number of carbonyl (C=O) groups is 2. The van der Waals surface area contributed by atoms with Crippen molar-refractivity contribution in [2.45, 2.75) is 30.2 Å². The first-order valence-electron chi connectivity index (χ1n) is 11.0. The molecule has 8 nitrogen and oxygen atoms in total. The number of rotatable bonds is 11. The molecule has 3 aromatic rings. The molecule has 0 aliphatic heterocycles. The fraction of sp³-hybridized carbons (Fsp3) is 0.192. The molecule has 1 atom stereocenters. The van der Waals surface area contributed by atoms with Gasteiger partial charge in [0.05, 0.1) is 17.4 Å². The number of amides is 1. The third kappa shape index (κ3) is 7.39. The van der Waals surface area contributed by atoms with Gasteiger partial charge in [-0.1, -0.05) is 48.0 Å². The lowest BCUT2D eigenvalue weighted by atomic mass is 10.1. The number of sulfonamides is 1. The first-order valence-corrected chi connectivity index (χ1v) is 12.9. The molecule has 0 spiro atoms. The molecule has 0 unspecified atom stereocenters. The monoisotopic (exact) mass is 525 g/mol. The summed E-state index contributed by atoms with van der Waals surface area (Å²) < 4.78 is 27.7. The highest BCUT2D eigenvalue weighted by Gasteiger charge is 2.25. The molecule has 186 valence electrons. The number of nitrogens with one attached hydrogen (secondary N) is 2. The van der Waals surface area contributed by atoms with E-state index in [4.69, 9.17) is 16.9 Å². The van der Waals surface area contributed by atoms with Crippen LogP contribution in [-0.2, 0) is 21.2 Å². The molecular weight excluding hydrogens is 502 g/mol. The molecule has 0 fully saturated rings. The summed E-state index contributed by atoms with van der Waals surface area (Å²) in [5, 5.41) is 21.5. The zero-order valence-electron chi connectivity index (χ0n) is 19.1. The molecule has 36 heavy (non-hydrogen) atoms. The second kappa shape index (κ2) is 12.3. The van der Waals surface area contributed by atoms with E-state index in [1.807, 2.05) is 18.2 Å². The van der Waals surface area contributed by atoms with Gasteiger partial charge in [-0.2, -0.15) is 9.98 Å². The van der Waals surface area contributed by atoms with E-state index in [1.54, 1.807) is 48.5 Å². The molecule has 0 heterocycles. The Morgan fingerprint density at radius 3 is 2.08 bits per heavy atom. The summed E-state index contributed by atoms with van der Waals surface area (Å²) >= 11 is 5.90. The van der Waals surface area contributed by atoms with E-state index >= 15 is 0 Å². The quantitative estimate of drug-likeness (QED) is 0.323. The van der Waals surface area contributed by atoms with Gasteiger partial charge >= 0.3 is 5.97 Å². The maximum absolute atomic E-state index is 12.8. The van der Waals surface area contributed by atoms with E-state index in [0.717, 1.165) is 16.7 Å². The van der Waals surface area contributed by atoms with Gasteiger partial charge in [0.15, 0.2) is 0 Å². The lowest BCUT2D eigenvalue weighted by Crippen LogP contribution is -2.41. The number of carboxylic acids is 1. The van der Waals surface area contributed by atoms with E-state index in [-0.39, 0.29) is 36.6 Å². The number of carboxylic acid groups (broad SMARTS) is 1. The van der Waals surface area contributed by atoms with Crippen LogP contribution in [0.15, 0.2) is 77.7 Å².